The van der Waals surface area contributed by atoms with E-state index in [-0.39, 0.29) is 5.56 Å². The van der Waals surface area contributed by atoms with Crippen LogP contribution in [0.25, 0.3) is 22.3 Å². The van der Waals surface area contributed by atoms with Crippen molar-refractivity contribution < 1.29 is 18.0 Å². The highest BCUT2D eigenvalue weighted by atomic mass is 19.4. The normalized spacial score (nSPS) is 14.2. The summed E-state index contributed by atoms with van der Waals surface area (Å²) in [6, 6.07) is 17.6. The number of halogens is 3. The van der Waals surface area contributed by atoms with Crippen LogP contribution < -0.4 is 15.5 Å². The number of piperazine rings is 1. The van der Waals surface area contributed by atoms with Crippen LogP contribution in [0.1, 0.15) is 15.9 Å². The molecule has 3 aromatic heterocycles. The quantitative estimate of drug-likeness (QED) is 0.219. The number of benzene rings is 2. The molecule has 1 saturated heterocycles. The summed E-state index contributed by atoms with van der Waals surface area (Å²) in [7, 11) is 2.09. The van der Waals surface area contributed by atoms with Crippen LogP contribution in [0.15, 0.2) is 85.3 Å². The summed E-state index contributed by atoms with van der Waals surface area (Å²) in [5, 5.41) is 7.22. The molecule has 8 nitrogen and oxygen atoms in total. The molecule has 214 valence electrons. The van der Waals surface area contributed by atoms with Gasteiger partial charge in [-0.05, 0) is 67.7 Å². The molecule has 4 heterocycles. The molecule has 2 aromatic carbocycles. The van der Waals surface area contributed by atoms with Gasteiger partial charge in [0.05, 0.1) is 28.3 Å². The molecule has 5 aromatic rings. The average molecular weight is 572 g/mol. The fraction of sp³-hybridized carbons (Fsp3) is 0.194. The summed E-state index contributed by atoms with van der Waals surface area (Å²) in [5.74, 6) is -0.629. The van der Waals surface area contributed by atoms with E-state index in [1.807, 2.05) is 42.6 Å². The fourth-order valence-electron chi connectivity index (χ4n) is 5.03. The minimum atomic E-state index is -4.54. The molecule has 1 aliphatic heterocycles. The number of carbonyl (C=O) groups excluding carboxylic acids is 1. The number of amides is 1. The first-order chi connectivity index (χ1) is 20.2. The fourth-order valence-corrected chi connectivity index (χ4v) is 5.03. The molecule has 11 heteroatoms. The maximum atomic E-state index is 13.2. The van der Waals surface area contributed by atoms with Crippen molar-refractivity contribution in [2.45, 2.75) is 6.18 Å². The molecular formula is C31H28F3N7O. The van der Waals surface area contributed by atoms with Crippen molar-refractivity contribution in [2.75, 3.05) is 48.8 Å². The molecule has 0 bridgehead atoms. The smallest absolute Gasteiger partial charge is 0.367 e. The summed E-state index contributed by atoms with van der Waals surface area (Å²) in [6.07, 6.45) is 0.737. The van der Waals surface area contributed by atoms with Crippen molar-refractivity contribution in [2.24, 2.45) is 0 Å². The van der Waals surface area contributed by atoms with Gasteiger partial charge in [0, 0.05) is 67.0 Å². The Balaban J connectivity index is 1.37. The van der Waals surface area contributed by atoms with Crippen molar-refractivity contribution in [3.63, 3.8) is 0 Å². The molecule has 1 amide bonds. The van der Waals surface area contributed by atoms with Gasteiger partial charge in [0.2, 0.25) is 0 Å². The first-order valence-corrected chi connectivity index (χ1v) is 13.5. The number of H-pyrrole nitrogens is 1. The highest BCUT2D eigenvalue weighted by molar-refractivity contribution is 6.05. The zero-order chi connectivity index (χ0) is 29.3. The molecule has 1 fully saturated rings. The monoisotopic (exact) mass is 571 g/mol. The van der Waals surface area contributed by atoms with Gasteiger partial charge in [-0.2, -0.15) is 13.2 Å². The molecule has 0 atom stereocenters. The second-order valence-electron chi connectivity index (χ2n) is 10.2. The number of nitrogens with one attached hydrogen (secondary N) is 3. The number of likely N-dealkylation sites (N-methyl/N-ethyl adjacent to an activating group) is 1. The lowest BCUT2D eigenvalue weighted by atomic mass is 10.1. The number of anilines is 4. The Hall–Kier alpha value is -4.90. The molecule has 0 spiro atoms. The molecular weight excluding hydrogens is 543 g/mol. The molecule has 3 N–H and O–H groups in total. The maximum absolute atomic E-state index is 13.2. The Morgan fingerprint density at radius 2 is 1.79 bits per heavy atom. The van der Waals surface area contributed by atoms with Crippen LogP contribution in [0, 0.1) is 0 Å². The lowest BCUT2D eigenvalue weighted by Crippen LogP contribution is -2.44. The van der Waals surface area contributed by atoms with E-state index in [9.17, 15) is 18.0 Å². The Bertz CT molecular complexity index is 1730. The first kappa shape index (κ1) is 27.3. The van der Waals surface area contributed by atoms with Crippen molar-refractivity contribution in [1.29, 1.82) is 0 Å². The summed E-state index contributed by atoms with van der Waals surface area (Å²) in [6.45, 7) is 3.43. The number of nitrogens with zero attached hydrogens (tertiary/aromatic N) is 4. The maximum Gasteiger partial charge on any atom is 0.416 e. The van der Waals surface area contributed by atoms with Crippen LogP contribution in [-0.2, 0) is 6.18 Å². The number of hydrogen-bond acceptors (Lipinski definition) is 6. The van der Waals surface area contributed by atoms with Gasteiger partial charge in [-0.3, -0.25) is 9.78 Å². The van der Waals surface area contributed by atoms with Crippen molar-refractivity contribution in [1.82, 2.24) is 19.9 Å². The van der Waals surface area contributed by atoms with E-state index in [1.54, 1.807) is 18.5 Å². The summed E-state index contributed by atoms with van der Waals surface area (Å²) < 4.78 is 39.7. The third kappa shape index (κ3) is 5.77. The molecule has 0 unspecified atom stereocenters. The van der Waals surface area contributed by atoms with E-state index in [0.29, 0.717) is 11.3 Å². The van der Waals surface area contributed by atoms with Gasteiger partial charge in [0.15, 0.2) is 0 Å². The third-order valence-electron chi connectivity index (χ3n) is 7.31. The van der Waals surface area contributed by atoms with Crippen LogP contribution in [0.5, 0.6) is 0 Å². The lowest BCUT2D eigenvalue weighted by Gasteiger charge is -2.35. The van der Waals surface area contributed by atoms with Crippen molar-refractivity contribution >= 4 is 39.7 Å². The van der Waals surface area contributed by atoms with Gasteiger partial charge in [-0.1, -0.05) is 6.07 Å². The molecule has 0 saturated carbocycles. The number of aromatic nitrogens is 3. The third-order valence-corrected chi connectivity index (χ3v) is 7.31. The van der Waals surface area contributed by atoms with E-state index in [4.69, 9.17) is 4.98 Å². The first-order valence-electron chi connectivity index (χ1n) is 13.5. The van der Waals surface area contributed by atoms with Gasteiger partial charge in [-0.25, -0.2) is 4.98 Å². The largest absolute Gasteiger partial charge is 0.416 e. The van der Waals surface area contributed by atoms with Crippen molar-refractivity contribution in [3.8, 4) is 11.3 Å². The molecule has 0 aliphatic carbocycles. The van der Waals surface area contributed by atoms with Crippen LogP contribution in [0.2, 0.25) is 0 Å². The van der Waals surface area contributed by atoms with E-state index in [1.165, 1.54) is 12.1 Å². The van der Waals surface area contributed by atoms with E-state index < -0.39 is 17.6 Å². The Labute approximate surface area is 240 Å². The predicted molar refractivity (Wildman–Crippen MR) is 158 cm³/mol. The Morgan fingerprint density at radius 1 is 0.952 bits per heavy atom. The second-order valence-corrected chi connectivity index (χ2v) is 10.2. The van der Waals surface area contributed by atoms with Crippen LogP contribution in [0.4, 0.5) is 35.9 Å². The number of carbonyl (C=O) groups is 1. The highest BCUT2D eigenvalue weighted by Gasteiger charge is 2.31. The minimum absolute atomic E-state index is 0.0771. The summed E-state index contributed by atoms with van der Waals surface area (Å²) >= 11 is 0. The zero-order valence-electron chi connectivity index (χ0n) is 22.7. The highest BCUT2D eigenvalue weighted by Crippen LogP contribution is 2.36. The second kappa shape index (κ2) is 11.2. The van der Waals surface area contributed by atoms with Gasteiger partial charge in [-0.15, -0.1) is 0 Å². The number of fused-ring (bicyclic) bond motifs is 1. The minimum Gasteiger partial charge on any atom is -0.367 e. The van der Waals surface area contributed by atoms with Crippen LogP contribution in [0.3, 0.4) is 0 Å². The van der Waals surface area contributed by atoms with Crippen LogP contribution in [-0.4, -0.2) is 59.0 Å². The molecule has 42 heavy (non-hydrogen) atoms. The van der Waals surface area contributed by atoms with E-state index in [2.05, 4.69) is 37.4 Å². The summed E-state index contributed by atoms with van der Waals surface area (Å²) in [4.78, 5) is 29.7. The van der Waals surface area contributed by atoms with Gasteiger partial charge in [0.25, 0.3) is 5.91 Å². The van der Waals surface area contributed by atoms with Gasteiger partial charge < -0.3 is 25.4 Å². The van der Waals surface area contributed by atoms with Crippen molar-refractivity contribution in [3.05, 3.63) is 96.4 Å². The number of pyridine rings is 2. The predicted octanol–water partition coefficient (Wildman–Crippen LogP) is 6.39. The lowest BCUT2D eigenvalue weighted by molar-refractivity contribution is -0.137. The average Bonchev–Trinajstić information content (AvgIpc) is 3.47. The Morgan fingerprint density at radius 3 is 2.55 bits per heavy atom. The molecule has 6 rings (SSSR count). The SMILES string of the molecule is CN1CCN(c2ccc(NC(=O)c3cccc(C(F)(F)F)c3)cc2Nc2cc(-c3cccnc3)nc3[nH]ccc23)CC1. The number of aromatic amines is 1. The Kier molecular flexibility index (Phi) is 7.26. The van der Waals surface area contributed by atoms with Crippen LogP contribution >= 0.6 is 0 Å². The molecule has 0 radical (unpaired) electrons. The van der Waals surface area contributed by atoms with E-state index >= 15 is 0 Å². The molecule has 1 aliphatic rings. The number of hydrogen-bond donors (Lipinski definition) is 3. The van der Waals surface area contributed by atoms with Gasteiger partial charge >= 0.3 is 6.18 Å². The summed E-state index contributed by atoms with van der Waals surface area (Å²) in [5.41, 5.74) is 4.28. The topological polar surface area (TPSA) is 89.2 Å². The van der Waals surface area contributed by atoms with E-state index in [0.717, 1.165) is 72.0 Å². The number of rotatable bonds is 6. The zero-order valence-corrected chi connectivity index (χ0v) is 22.7. The standard InChI is InChI=1S/C31H28F3N7O/c1-40-12-14-41(15-13-40)28-8-7-23(37-30(42)20-4-2-6-22(16-20)31(32,33)34)17-27(28)38-26-18-25(21-5-3-10-35-19-21)39-29-24(26)9-11-36-29/h2-11,16-19H,12-15H2,1H3,(H,37,42)(H2,36,38,39). The van der Waals surface area contributed by atoms with Gasteiger partial charge in [0.1, 0.15) is 5.65 Å². The number of alkyl halides is 3.